The number of benzene rings is 1. The molecule has 5 nitrogen and oxygen atoms in total. The van der Waals surface area contributed by atoms with E-state index in [0.29, 0.717) is 12.1 Å². The second kappa shape index (κ2) is 7.21. The van der Waals surface area contributed by atoms with Gasteiger partial charge in [0.1, 0.15) is 5.82 Å². The van der Waals surface area contributed by atoms with Crippen molar-refractivity contribution in [2.75, 3.05) is 26.2 Å². The van der Waals surface area contributed by atoms with E-state index in [0.717, 1.165) is 18.7 Å². The van der Waals surface area contributed by atoms with Gasteiger partial charge in [-0.05, 0) is 49.7 Å². The number of rotatable bonds is 6. The molecule has 0 radical (unpaired) electrons. The van der Waals surface area contributed by atoms with Crippen molar-refractivity contribution in [1.82, 2.24) is 10.2 Å². The highest BCUT2D eigenvalue weighted by molar-refractivity contribution is 5.97. The van der Waals surface area contributed by atoms with Crippen molar-refractivity contribution in [3.8, 4) is 0 Å². The molecule has 110 valence electrons. The van der Waals surface area contributed by atoms with Crippen LogP contribution in [0.5, 0.6) is 0 Å². The summed E-state index contributed by atoms with van der Waals surface area (Å²) in [4.78, 5) is 2.42. The first kappa shape index (κ1) is 14.7. The highest BCUT2D eigenvalue weighted by Gasteiger charge is 2.10. The van der Waals surface area contributed by atoms with Crippen molar-refractivity contribution in [1.29, 1.82) is 0 Å². The number of oxime groups is 1. The molecule has 2 rings (SSSR count). The lowest BCUT2D eigenvalue weighted by molar-refractivity contribution is 0.318. The van der Waals surface area contributed by atoms with Crippen LogP contribution in [0, 0.1) is 5.82 Å². The second-order valence-corrected chi connectivity index (χ2v) is 5.06. The Kier molecular flexibility index (Phi) is 5.31. The molecule has 1 aromatic rings. The van der Waals surface area contributed by atoms with Crippen LogP contribution >= 0.6 is 0 Å². The van der Waals surface area contributed by atoms with Gasteiger partial charge in [-0.25, -0.2) is 4.39 Å². The first-order valence-corrected chi connectivity index (χ1v) is 6.89. The number of halogens is 1. The maximum Gasteiger partial charge on any atom is 0.170 e. The van der Waals surface area contributed by atoms with Crippen LogP contribution in [0.3, 0.4) is 0 Å². The van der Waals surface area contributed by atoms with Gasteiger partial charge in [-0.3, -0.25) is 0 Å². The zero-order chi connectivity index (χ0) is 14.4. The van der Waals surface area contributed by atoms with Crippen molar-refractivity contribution in [2.24, 2.45) is 10.9 Å². The van der Waals surface area contributed by atoms with Crippen LogP contribution in [-0.4, -0.2) is 42.1 Å². The molecule has 0 saturated carbocycles. The molecule has 0 atom stereocenters. The van der Waals surface area contributed by atoms with E-state index >= 15 is 0 Å². The molecule has 0 bridgehead atoms. The highest BCUT2D eigenvalue weighted by Crippen LogP contribution is 2.09. The Morgan fingerprint density at radius 2 is 2.10 bits per heavy atom. The molecule has 1 fully saturated rings. The summed E-state index contributed by atoms with van der Waals surface area (Å²) < 4.78 is 13.5. The molecular weight excluding hydrogens is 259 g/mol. The minimum absolute atomic E-state index is 0.0807. The Balaban J connectivity index is 1.84. The van der Waals surface area contributed by atoms with Gasteiger partial charge in [0.25, 0.3) is 0 Å². The summed E-state index contributed by atoms with van der Waals surface area (Å²) in [6.45, 7) is 4.81. The fourth-order valence-electron chi connectivity index (χ4n) is 2.43. The Morgan fingerprint density at radius 1 is 1.35 bits per heavy atom. The van der Waals surface area contributed by atoms with E-state index in [1.54, 1.807) is 6.07 Å². The van der Waals surface area contributed by atoms with Crippen molar-refractivity contribution < 1.29 is 9.60 Å². The van der Waals surface area contributed by atoms with Gasteiger partial charge in [-0.1, -0.05) is 5.16 Å². The van der Waals surface area contributed by atoms with E-state index in [2.05, 4.69) is 15.4 Å². The number of hydrogen-bond donors (Lipinski definition) is 3. The predicted molar refractivity (Wildman–Crippen MR) is 76.3 cm³/mol. The van der Waals surface area contributed by atoms with Crippen LogP contribution < -0.4 is 11.1 Å². The van der Waals surface area contributed by atoms with Crippen molar-refractivity contribution in [3.63, 3.8) is 0 Å². The minimum Gasteiger partial charge on any atom is -0.409 e. The van der Waals surface area contributed by atoms with E-state index in [1.807, 2.05) is 0 Å². The topological polar surface area (TPSA) is 73.9 Å². The van der Waals surface area contributed by atoms with Gasteiger partial charge >= 0.3 is 0 Å². The summed E-state index contributed by atoms with van der Waals surface area (Å²) in [6.07, 6.45) is 2.57. The lowest BCUT2D eigenvalue weighted by Gasteiger charge is -2.14. The summed E-state index contributed by atoms with van der Waals surface area (Å²) in [6, 6.07) is 4.43. The molecule has 1 aliphatic heterocycles. The van der Waals surface area contributed by atoms with Crippen LogP contribution in [-0.2, 0) is 6.54 Å². The summed E-state index contributed by atoms with van der Waals surface area (Å²) in [5, 5.41) is 14.8. The number of nitrogens with one attached hydrogen (secondary N) is 1. The number of likely N-dealkylation sites (tertiary alicyclic amines) is 1. The van der Waals surface area contributed by atoms with Crippen molar-refractivity contribution in [2.45, 2.75) is 19.4 Å². The molecule has 0 aliphatic carbocycles. The van der Waals surface area contributed by atoms with Crippen molar-refractivity contribution in [3.05, 3.63) is 35.1 Å². The second-order valence-electron chi connectivity index (χ2n) is 5.06. The number of hydrogen-bond acceptors (Lipinski definition) is 4. The van der Waals surface area contributed by atoms with E-state index in [4.69, 9.17) is 10.9 Å². The molecule has 6 heteroatoms. The monoisotopic (exact) mass is 280 g/mol. The normalized spacial score (nSPS) is 16.8. The van der Waals surface area contributed by atoms with Gasteiger partial charge in [-0.2, -0.15) is 0 Å². The molecular formula is C14H21FN4O. The van der Waals surface area contributed by atoms with Gasteiger partial charge < -0.3 is 21.2 Å². The van der Waals surface area contributed by atoms with Gasteiger partial charge in [0.2, 0.25) is 0 Å². The first-order chi connectivity index (χ1) is 9.69. The Bertz CT molecular complexity index is 472. The third-order valence-electron chi connectivity index (χ3n) is 3.49. The zero-order valence-corrected chi connectivity index (χ0v) is 11.5. The van der Waals surface area contributed by atoms with Gasteiger partial charge in [-0.15, -0.1) is 0 Å². The summed E-state index contributed by atoms with van der Waals surface area (Å²) >= 11 is 0. The third kappa shape index (κ3) is 4.18. The first-order valence-electron chi connectivity index (χ1n) is 6.89. The van der Waals surface area contributed by atoms with E-state index in [9.17, 15) is 4.39 Å². The summed E-state index contributed by atoms with van der Waals surface area (Å²) in [5.74, 6) is -0.465. The van der Waals surface area contributed by atoms with Gasteiger partial charge in [0, 0.05) is 25.2 Å². The van der Waals surface area contributed by atoms with Crippen LogP contribution in [0.1, 0.15) is 24.0 Å². The molecule has 0 amide bonds. The van der Waals surface area contributed by atoms with Gasteiger partial charge in [0.15, 0.2) is 5.84 Å². The third-order valence-corrected chi connectivity index (χ3v) is 3.49. The van der Waals surface area contributed by atoms with Crippen molar-refractivity contribution >= 4 is 5.84 Å². The van der Waals surface area contributed by atoms with Crippen LogP contribution in [0.2, 0.25) is 0 Å². The molecule has 1 saturated heterocycles. The number of nitrogens with two attached hydrogens (primary N) is 1. The summed E-state index contributed by atoms with van der Waals surface area (Å²) in [7, 11) is 0. The van der Waals surface area contributed by atoms with E-state index in [-0.39, 0.29) is 11.7 Å². The SMILES string of the molecule is N/C(=N/O)c1cc(F)cc(CNCCN2CCCC2)c1. The molecule has 4 N–H and O–H groups in total. The van der Waals surface area contributed by atoms with E-state index in [1.165, 1.54) is 38.1 Å². The molecule has 1 aliphatic rings. The average molecular weight is 280 g/mol. The van der Waals surface area contributed by atoms with Crippen LogP contribution in [0.4, 0.5) is 4.39 Å². The number of amidine groups is 1. The molecule has 0 unspecified atom stereocenters. The van der Waals surface area contributed by atoms with E-state index < -0.39 is 0 Å². The molecule has 0 spiro atoms. The maximum atomic E-state index is 13.5. The highest BCUT2D eigenvalue weighted by atomic mass is 19.1. The fraction of sp³-hybridized carbons (Fsp3) is 0.500. The lowest BCUT2D eigenvalue weighted by atomic mass is 10.1. The lowest BCUT2D eigenvalue weighted by Crippen LogP contribution is -2.29. The smallest absolute Gasteiger partial charge is 0.170 e. The molecule has 0 aromatic heterocycles. The Morgan fingerprint density at radius 3 is 2.80 bits per heavy atom. The molecule has 1 heterocycles. The Labute approximate surface area is 118 Å². The zero-order valence-electron chi connectivity index (χ0n) is 11.5. The fourth-order valence-corrected chi connectivity index (χ4v) is 2.43. The molecule has 20 heavy (non-hydrogen) atoms. The largest absolute Gasteiger partial charge is 0.409 e. The quantitative estimate of drug-likeness (QED) is 0.240. The van der Waals surface area contributed by atoms with Gasteiger partial charge in [0.05, 0.1) is 0 Å². The summed E-state index contributed by atoms with van der Waals surface area (Å²) in [5.41, 5.74) is 6.65. The average Bonchev–Trinajstić information content (AvgIpc) is 2.95. The minimum atomic E-state index is -0.384. The Hall–Kier alpha value is -1.66. The standard InChI is InChI=1S/C14H21FN4O/c15-13-8-11(7-12(9-13)14(16)18-20)10-17-3-6-19-4-1-2-5-19/h7-9,17,20H,1-6,10H2,(H2,16,18). The number of nitrogens with zero attached hydrogens (tertiary/aromatic N) is 2. The molecule has 1 aromatic carbocycles. The van der Waals surface area contributed by atoms with Crippen LogP contribution in [0.25, 0.3) is 0 Å². The van der Waals surface area contributed by atoms with Crippen LogP contribution in [0.15, 0.2) is 23.4 Å². The maximum absolute atomic E-state index is 13.5. The predicted octanol–water partition coefficient (Wildman–Crippen LogP) is 1.11.